The zero-order chi connectivity index (χ0) is 22.3. The number of halogens is 3. The second-order valence-electron chi connectivity index (χ2n) is 8.58. The Morgan fingerprint density at radius 1 is 1.12 bits per heavy atom. The highest BCUT2D eigenvalue weighted by atomic mass is 32.1. The fraction of sp³-hybridized carbons (Fsp3) is 0.500. The molecule has 2 aliphatic rings. The van der Waals surface area contributed by atoms with E-state index in [0.29, 0.717) is 22.5 Å². The van der Waals surface area contributed by atoms with Crippen LogP contribution < -0.4 is 9.64 Å². The number of thiophene rings is 1. The SMILES string of the molecule is COc1cc(CN2CC[C@@H]3CN(c4ncnc5sc(CC(F)(F)F)cc45)C[C@@H]3C2)ccn1. The Hall–Kier alpha value is -2.46. The van der Waals surface area contributed by atoms with Crippen molar-refractivity contribution in [2.45, 2.75) is 25.6 Å². The van der Waals surface area contributed by atoms with Gasteiger partial charge in [-0.05, 0) is 42.5 Å². The summed E-state index contributed by atoms with van der Waals surface area (Å²) in [6.45, 7) is 4.61. The maximum absolute atomic E-state index is 12.9. The maximum Gasteiger partial charge on any atom is 0.393 e. The predicted octanol–water partition coefficient (Wildman–Crippen LogP) is 4.16. The van der Waals surface area contributed by atoms with E-state index in [1.807, 2.05) is 12.1 Å². The van der Waals surface area contributed by atoms with Gasteiger partial charge in [-0.25, -0.2) is 15.0 Å². The summed E-state index contributed by atoms with van der Waals surface area (Å²) in [5.41, 5.74) is 1.18. The molecule has 3 aromatic heterocycles. The Balaban J connectivity index is 1.29. The van der Waals surface area contributed by atoms with Gasteiger partial charge in [-0.3, -0.25) is 4.90 Å². The van der Waals surface area contributed by atoms with E-state index in [-0.39, 0.29) is 4.88 Å². The Morgan fingerprint density at radius 2 is 1.97 bits per heavy atom. The molecule has 0 radical (unpaired) electrons. The van der Waals surface area contributed by atoms with Crippen LogP contribution in [0.5, 0.6) is 5.88 Å². The molecule has 5 rings (SSSR count). The van der Waals surface area contributed by atoms with Crippen LogP contribution in [0.2, 0.25) is 0 Å². The van der Waals surface area contributed by atoms with Crippen LogP contribution in [0.3, 0.4) is 0 Å². The number of pyridine rings is 1. The van der Waals surface area contributed by atoms with E-state index in [4.69, 9.17) is 4.74 Å². The predicted molar refractivity (Wildman–Crippen MR) is 117 cm³/mol. The number of fused-ring (bicyclic) bond motifs is 2. The van der Waals surface area contributed by atoms with Gasteiger partial charge in [0.25, 0.3) is 0 Å². The highest BCUT2D eigenvalue weighted by molar-refractivity contribution is 7.18. The highest BCUT2D eigenvalue weighted by Crippen LogP contribution is 2.38. The third-order valence-corrected chi connectivity index (χ3v) is 7.38. The summed E-state index contributed by atoms with van der Waals surface area (Å²) in [4.78, 5) is 18.5. The molecule has 0 N–H and O–H groups in total. The second-order valence-corrected chi connectivity index (χ2v) is 9.69. The summed E-state index contributed by atoms with van der Waals surface area (Å²) in [7, 11) is 1.62. The van der Waals surface area contributed by atoms with Gasteiger partial charge in [0.15, 0.2) is 0 Å². The first kappa shape index (κ1) is 21.4. The minimum atomic E-state index is -4.22. The van der Waals surface area contributed by atoms with E-state index >= 15 is 0 Å². The molecule has 0 aromatic carbocycles. The molecule has 0 amide bonds. The van der Waals surface area contributed by atoms with Crippen molar-refractivity contribution in [3.8, 4) is 5.88 Å². The summed E-state index contributed by atoms with van der Waals surface area (Å²) in [6.07, 6.45) is -0.809. The largest absolute Gasteiger partial charge is 0.481 e. The molecule has 2 aliphatic heterocycles. The zero-order valence-corrected chi connectivity index (χ0v) is 18.5. The van der Waals surface area contributed by atoms with Crippen LogP contribution >= 0.6 is 11.3 Å². The van der Waals surface area contributed by atoms with Crippen molar-refractivity contribution in [2.24, 2.45) is 11.8 Å². The van der Waals surface area contributed by atoms with Gasteiger partial charge < -0.3 is 9.64 Å². The van der Waals surface area contributed by atoms with Gasteiger partial charge in [0.05, 0.1) is 18.9 Å². The number of nitrogens with zero attached hydrogens (tertiary/aromatic N) is 5. The van der Waals surface area contributed by atoms with Crippen LogP contribution in [0.4, 0.5) is 19.0 Å². The molecule has 170 valence electrons. The van der Waals surface area contributed by atoms with Gasteiger partial charge in [-0.2, -0.15) is 13.2 Å². The summed E-state index contributed by atoms with van der Waals surface area (Å²) < 4.78 is 43.8. The number of aromatic nitrogens is 3. The lowest BCUT2D eigenvalue weighted by molar-refractivity contribution is -0.126. The van der Waals surface area contributed by atoms with Crippen LogP contribution in [0.15, 0.2) is 30.7 Å². The van der Waals surface area contributed by atoms with Crippen molar-refractivity contribution in [1.82, 2.24) is 19.9 Å². The topological polar surface area (TPSA) is 54.4 Å². The number of ether oxygens (including phenoxy) is 1. The fourth-order valence-corrected chi connectivity index (χ4v) is 5.93. The lowest BCUT2D eigenvalue weighted by Crippen LogP contribution is -2.39. The van der Waals surface area contributed by atoms with Crippen molar-refractivity contribution in [3.05, 3.63) is 41.2 Å². The van der Waals surface area contributed by atoms with Crippen LogP contribution in [-0.2, 0) is 13.0 Å². The number of piperidine rings is 1. The van der Waals surface area contributed by atoms with Gasteiger partial charge in [0, 0.05) is 43.3 Å². The number of anilines is 1. The fourth-order valence-electron chi connectivity index (χ4n) is 4.91. The molecule has 0 saturated carbocycles. The van der Waals surface area contributed by atoms with E-state index < -0.39 is 12.6 Å². The number of rotatable bonds is 5. The summed E-state index contributed by atoms with van der Waals surface area (Å²) in [5, 5.41) is 0.733. The summed E-state index contributed by atoms with van der Waals surface area (Å²) >= 11 is 1.11. The van der Waals surface area contributed by atoms with Gasteiger partial charge in [-0.15, -0.1) is 11.3 Å². The van der Waals surface area contributed by atoms with E-state index in [1.54, 1.807) is 19.4 Å². The number of hydrogen-bond acceptors (Lipinski definition) is 7. The molecule has 2 fully saturated rings. The first-order valence-corrected chi connectivity index (χ1v) is 11.5. The average Bonchev–Trinajstić information content (AvgIpc) is 3.35. The Morgan fingerprint density at radius 3 is 2.78 bits per heavy atom. The Bertz CT molecular complexity index is 1100. The molecule has 2 atom stereocenters. The number of alkyl halides is 3. The van der Waals surface area contributed by atoms with Crippen molar-refractivity contribution < 1.29 is 17.9 Å². The van der Waals surface area contributed by atoms with Gasteiger partial charge in [0.2, 0.25) is 5.88 Å². The first-order valence-electron chi connectivity index (χ1n) is 10.6. The quantitative estimate of drug-likeness (QED) is 0.567. The van der Waals surface area contributed by atoms with Crippen LogP contribution in [0.1, 0.15) is 16.9 Å². The van der Waals surface area contributed by atoms with Crippen molar-refractivity contribution in [3.63, 3.8) is 0 Å². The molecular formula is C22H24F3N5OS. The number of likely N-dealkylation sites (tertiary alicyclic amines) is 1. The second kappa shape index (κ2) is 8.47. The molecule has 0 unspecified atom stereocenters. The molecule has 0 aliphatic carbocycles. The minimum absolute atomic E-state index is 0.282. The van der Waals surface area contributed by atoms with Crippen LogP contribution in [0, 0.1) is 11.8 Å². The highest BCUT2D eigenvalue weighted by Gasteiger charge is 2.38. The lowest BCUT2D eigenvalue weighted by atomic mass is 9.88. The van der Waals surface area contributed by atoms with Gasteiger partial charge in [-0.1, -0.05) is 0 Å². The molecule has 10 heteroatoms. The van der Waals surface area contributed by atoms with E-state index in [0.717, 1.165) is 61.7 Å². The molecule has 2 saturated heterocycles. The average molecular weight is 464 g/mol. The van der Waals surface area contributed by atoms with Gasteiger partial charge >= 0.3 is 6.18 Å². The Labute approximate surface area is 188 Å². The minimum Gasteiger partial charge on any atom is -0.481 e. The zero-order valence-electron chi connectivity index (χ0n) is 17.7. The van der Waals surface area contributed by atoms with Gasteiger partial charge in [0.1, 0.15) is 17.0 Å². The molecule has 0 bridgehead atoms. The van der Waals surface area contributed by atoms with Crippen LogP contribution in [0.25, 0.3) is 10.2 Å². The molecule has 0 spiro atoms. The summed E-state index contributed by atoms with van der Waals surface area (Å²) in [5.74, 6) is 2.46. The van der Waals surface area contributed by atoms with Crippen LogP contribution in [-0.4, -0.2) is 59.3 Å². The molecular weight excluding hydrogens is 439 g/mol. The normalized spacial score (nSPS) is 21.8. The number of hydrogen-bond donors (Lipinski definition) is 0. The summed E-state index contributed by atoms with van der Waals surface area (Å²) in [6, 6.07) is 5.61. The Kier molecular flexibility index (Phi) is 5.66. The van der Waals surface area contributed by atoms with Crippen molar-refractivity contribution >= 4 is 27.4 Å². The molecule has 5 heterocycles. The van der Waals surface area contributed by atoms with Crippen molar-refractivity contribution in [1.29, 1.82) is 0 Å². The first-order chi connectivity index (χ1) is 15.4. The van der Waals surface area contributed by atoms with Crippen molar-refractivity contribution in [2.75, 3.05) is 38.2 Å². The number of methoxy groups -OCH3 is 1. The standard InChI is InChI=1S/C22H24F3N5OS/c1-31-19-6-14(2-4-26-19)9-29-5-3-15-11-30(12-16(15)10-29)20-18-7-17(8-22(23,24)25)32-21(18)28-13-27-20/h2,4,6-7,13,15-16H,3,5,8-12H2,1H3/t15-,16+/m1/s1. The monoisotopic (exact) mass is 463 g/mol. The van der Waals surface area contributed by atoms with E-state index in [1.165, 1.54) is 11.9 Å². The van der Waals surface area contributed by atoms with E-state index in [9.17, 15) is 13.2 Å². The maximum atomic E-state index is 12.9. The lowest BCUT2D eigenvalue weighted by Gasteiger charge is -2.34. The molecule has 3 aromatic rings. The third kappa shape index (κ3) is 4.52. The third-order valence-electron chi connectivity index (χ3n) is 6.33. The molecule has 32 heavy (non-hydrogen) atoms. The molecule has 6 nitrogen and oxygen atoms in total. The smallest absolute Gasteiger partial charge is 0.393 e. The van der Waals surface area contributed by atoms with E-state index in [2.05, 4.69) is 24.8 Å².